The highest BCUT2D eigenvalue weighted by molar-refractivity contribution is 5.92. The van der Waals surface area contributed by atoms with Crippen LogP contribution in [-0.2, 0) is 14.3 Å². The van der Waals surface area contributed by atoms with Gasteiger partial charge in [0.25, 0.3) is 0 Å². The van der Waals surface area contributed by atoms with Crippen LogP contribution in [0.2, 0.25) is 0 Å². The van der Waals surface area contributed by atoms with E-state index in [0.717, 1.165) is 18.4 Å². The quantitative estimate of drug-likeness (QED) is 0.901. The van der Waals surface area contributed by atoms with Crippen molar-refractivity contribution in [2.75, 3.05) is 13.2 Å². The number of ether oxygens (including phenoxy) is 1. The highest BCUT2D eigenvalue weighted by atomic mass is 16.5. The van der Waals surface area contributed by atoms with Crippen molar-refractivity contribution in [2.45, 2.75) is 45.3 Å². The smallest absolute Gasteiger partial charge is 0.312 e. The predicted molar refractivity (Wildman–Crippen MR) is 89.4 cm³/mol. The van der Waals surface area contributed by atoms with Crippen molar-refractivity contribution in [1.29, 1.82) is 0 Å². The largest absolute Gasteiger partial charge is 0.481 e. The molecular weight excluding hydrogens is 306 g/mol. The number of fused-ring (bicyclic) bond motifs is 1. The lowest BCUT2D eigenvalue weighted by atomic mass is 9.71. The fourth-order valence-corrected chi connectivity index (χ4v) is 4.11. The number of amides is 1. The summed E-state index contributed by atoms with van der Waals surface area (Å²) in [5.41, 5.74) is 0.00847. The van der Waals surface area contributed by atoms with Gasteiger partial charge in [0, 0.05) is 6.54 Å². The van der Waals surface area contributed by atoms with Crippen LogP contribution < -0.4 is 0 Å². The molecule has 0 saturated carbocycles. The second kappa shape index (κ2) is 6.55. The first-order chi connectivity index (χ1) is 11.5. The Morgan fingerprint density at radius 3 is 2.75 bits per heavy atom. The van der Waals surface area contributed by atoms with Gasteiger partial charge in [-0.25, -0.2) is 0 Å². The van der Waals surface area contributed by atoms with Gasteiger partial charge in [0.1, 0.15) is 5.41 Å². The molecule has 5 nitrogen and oxygen atoms in total. The zero-order chi connectivity index (χ0) is 17.3. The molecule has 3 rings (SSSR count). The Hall–Kier alpha value is -1.88. The van der Waals surface area contributed by atoms with Crippen molar-refractivity contribution < 1.29 is 19.4 Å². The average Bonchev–Trinajstić information content (AvgIpc) is 2.89. The molecule has 1 unspecified atom stereocenters. The van der Waals surface area contributed by atoms with E-state index in [2.05, 4.69) is 6.92 Å². The maximum absolute atomic E-state index is 12.9. The zero-order valence-corrected chi connectivity index (χ0v) is 14.3. The van der Waals surface area contributed by atoms with E-state index in [1.807, 2.05) is 37.3 Å². The summed E-state index contributed by atoms with van der Waals surface area (Å²) in [6, 6.07) is 9.63. The number of hydrogen-bond acceptors (Lipinski definition) is 3. The third-order valence-corrected chi connectivity index (χ3v) is 5.58. The van der Waals surface area contributed by atoms with Gasteiger partial charge in [0.05, 0.1) is 24.7 Å². The number of aliphatic carboxylic acids is 1. The van der Waals surface area contributed by atoms with Crippen LogP contribution in [0.15, 0.2) is 30.3 Å². The molecule has 0 bridgehead atoms. The Labute approximate surface area is 142 Å². The number of nitrogens with zero attached hydrogens (tertiary/aromatic N) is 1. The lowest BCUT2D eigenvalue weighted by molar-refractivity contribution is -0.166. The van der Waals surface area contributed by atoms with Crippen LogP contribution in [0.25, 0.3) is 0 Å². The van der Waals surface area contributed by atoms with Crippen LogP contribution in [0.3, 0.4) is 0 Å². The van der Waals surface area contributed by atoms with Crippen molar-refractivity contribution >= 4 is 11.9 Å². The molecule has 0 aliphatic carbocycles. The standard InChI is InChI=1S/C19H25NO4/c1-3-7-15-10-19(18(22)23)12-20(17(21)16(19)11-24-15)13(2)14-8-5-4-6-9-14/h4-6,8-9,13,15-16H,3,7,10-12H2,1-2H3,(H,22,23)/t13-,15?,16+,19-/m1/s1. The molecule has 4 atom stereocenters. The van der Waals surface area contributed by atoms with Crippen molar-refractivity contribution in [3.63, 3.8) is 0 Å². The second-order valence-corrected chi connectivity index (χ2v) is 7.01. The zero-order valence-electron chi connectivity index (χ0n) is 14.3. The van der Waals surface area contributed by atoms with E-state index in [1.54, 1.807) is 4.90 Å². The Balaban J connectivity index is 1.88. The Morgan fingerprint density at radius 2 is 2.12 bits per heavy atom. The summed E-state index contributed by atoms with van der Waals surface area (Å²) < 4.78 is 5.80. The average molecular weight is 331 g/mol. The SMILES string of the molecule is CCCC1C[C@@]2(C(=O)O)CN([C@H](C)c3ccccc3)C(=O)[C@@H]2CO1. The van der Waals surface area contributed by atoms with Gasteiger partial charge in [0.2, 0.25) is 5.91 Å². The molecule has 0 aromatic heterocycles. The molecule has 1 N–H and O–H groups in total. The molecule has 0 radical (unpaired) electrons. The molecule has 24 heavy (non-hydrogen) atoms. The number of carbonyl (C=O) groups excluding carboxylic acids is 1. The molecule has 1 aromatic rings. The maximum Gasteiger partial charge on any atom is 0.312 e. The summed E-state index contributed by atoms with van der Waals surface area (Å²) in [5.74, 6) is -1.54. The van der Waals surface area contributed by atoms with Gasteiger partial charge in [0.15, 0.2) is 0 Å². The maximum atomic E-state index is 12.9. The molecule has 1 amide bonds. The first-order valence-corrected chi connectivity index (χ1v) is 8.70. The van der Waals surface area contributed by atoms with E-state index in [4.69, 9.17) is 4.74 Å². The number of hydrogen-bond donors (Lipinski definition) is 1. The molecule has 1 aromatic carbocycles. The van der Waals surface area contributed by atoms with Gasteiger partial charge in [-0.15, -0.1) is 0 Å². The summed E-state index contributed by atoms with van der Waals surface area (Å²) >= 11 is 0. The van der Waals surface area contributed by atoms with E-state index >= 15 is 0 Å². The predicted octanol–water partition coefficient (Wildman–Crippen LogP) is 2.87. The number of benzene rings is 1. The van der Waals surface area contributed by atoms with Crippen LogP contribution in [0.5, 0.6) is 0 Å². The van der Waals surface area contributed by atoms with E-state index in [0.29, 0.717) is 6.42 Å². The highest BCUT2D eigenvalue weighted by Crippen LogP contribution is 2.48. The first kappa shape index (κ1) is 17.0. The normalized spacial score (nSPS) is 30.9. The minimum atomic E-state index is -1.02. The van der Waals surface area contributed by atoms with Gasteiger partial charge in [-0.3, -0.25) is 9.59 Å². The fraction of sp³-hybridized carbons (Fsp3) is 0.579. The Kier molecular flexibility index (Phi) is 4.63. The molecule has 2 saturated heterocycles. The molecule has 2 aliphatic heterocycles. The van der Waals surface area contributed by atoms with Crippen molar-refractivity contribution in [3.05, 3.63) is 35.9 Å². The van der Waals surface area contributed by atoms with Crippen LogP contribution in [0.1, 0.15) is 44.7 Å². The highest BCUT2D eigenvalue weighted by Gasteiger charge is 2.60. The third kappa shape index (κ3) is 2.71. The molecule has 2 fully saturated rings. The van der Waals surface area contributed by atoms with E-state index in [1.165, 1.54) is 0 Å². The number of likely N-dealkylation sites (tertiary alicyclic amines) is 1. The number of carboxylic acid groups (broad SMARTS) is 1. The van der Waals surface area contributed by atoms with E-state index in [9.17, 15) is 14.7 Å². The number of rotatable bonds is 5. The summed E-state index contributed by atoms with van der Waals surface area (Å²) in [6.07, 6.45) is 2.14. The summed E-state index contributed by atoms with van der Waals surface area (Å²) in [7, 11) is 0. The van der Waals surface area contributed by atoms with Crippen molar-refractivity contribution in [2.24, 2.45) is 11.3 Å². The third-order valence-electron chi connectivity index (χ3n) is 5.58. The lowest BCUT2D eigenvalue weighted by Crippen LogP contribution is -2.48. The van der Waals surface area contributed by atoms with Gasteiger partial charge in [-0.05, 0) is 25.3 Å². The van der Waals surface area contributed by atoms with E-state index in [-0.39, 0.29) is 31.2 Å². The lowest BCUT2D eigenvalue weighted by Gasteiger charge is -2.37. The minimum absolute atomic E-state index is 0.0675. The Bertz CT molecular complexity index is 617. The van der Waals surface area contributed by atoms with Gasteiger partial charge < -0.3 is 14.7 Å². The molecule has 5 heteroatoms. The van der Waals surface area contributed by atoms with Crippen LogP contribution >= 0.6 is 0 Å². The fourth-order valence-electron chi connectivity index (χ4n) is 4.11. The van der Waals surface area contributed by atoms with Crippen molar-refractivity contribution in [3.8, 4) is 0 Å². The van der Waals surface area contributed by atoms with E-state index < -0.39 is 17.3 Å². The number of carbonyl (C=O) groups is 2. The topological polar surface area (TPSA) is 66.8 Å². The van der Waals surface area contributed by atoms with Crippen LogP contribution in [0, 0.1) is 11.3 Å². The molecule has 130 valence electrons. The van der Waals surface area contributed by atoms with Gasteiger partial charge in [-0.1, -0.05) is 43.7 Å². The first-order valence-electron chi connectivity index (χ1n) is 8.70. The summed E-state index contributed by atoms with van der Waals surface area (Å²) in [6.45, 7) is 4.51. The summed E-state index contributed by atoms with van der Waals surface area (Å²) in [5, 5.41) is 9.94. The Morgan fingerprint density at radius 1 is 1.42 bits per heavy atom. The second-order valence-electron chi connectivity index (χ2n) is 7.01. The minimum Gasteiger partial charge on any atom is -0.481 e. The van der Waals surface area contributed by atoms with Gasteiger partial charge >= 0.3 is 5.97 Å². The summed E-state index contributed by atoms with van der Waals surface area (Å²) in [4.78, 5) is 26.8. The number of carboxylic acids is 1. The monoisotopic (exact) mass is 331 g/mol. The molecule has 2 heterocycles. The van der Waals surface area contributed by atoms with Crippen LogP contribution in [0.4, 0.5) is 0 Å². The van der Waals surface area contributed by atoms with Crippen LogP contribution in [-0.4, -0.2) is 41.1 Å². The molecule has 2 aliphatic rings. The molecular formula is C19H25NO4. The van der Waals surface area contributed by atoms with Gasteiger partial charge in [-0.2, -0.15) is 0 Å². The van der Waals surface area contributed by atoms with Crippen molar-refractivity contribution in [1.82, 2.24) is 4.90 Å². The molecule has 0 spiro atoms.